The van der Waals surface area contributed by atoms with E-state index in [1.165, 1.54) is 0 Å². The highest BCUT2D eigenvalue weighted by atomic mass is 16.5. The van der Waals surface area contributed by atoms with Crippen LogP contribution in [0.4, 0.5) is 0 Å². The van der Waals surface area contributed by atoms with Crippen molar-refractivity contribution in [3.8, 4) is 0 Å². The molecule has 1 aliphatic heterocycles. The molecule has 1 unspecified atom stereocenters. The number of aryl methyl sites for hydroxylation is 1. The van der Waals surface area contributed by atoms with Gasteiger partial charge in [0.05, 0.1) is 24.8 Å². The summed E-state index contributed by atoms with van der Waals surface area (Å²) in [5.41, 5.74) is 1.13. The lowest BCUT2D eigenvalue weighted by molar-refractivity contribution is 0.216. The Morgan fingerprint density at radius 3 is 3.00 bits per heavy atom. The first-order valence-corrected chi connectivity index (χ1v) is 4.79. The quantitative estimate of drug-likeness (QED) is 0.778. The van der Waals surface area contributed by atoms with Crippen molar-refractivity contribution in [3.63, 3.8) is 0 Å². The highest BCUT2D eigenvalue weighted by Gasteiger charge is 2.21. The van der Waals surface area contributed by atoms with Gasteiger partial charge in [-0.15, -0.1) is 0 Å². The lowest BCUT2D eigenvalue weighted by Crippen LogP contribution is -2.21. The van der Waals surface area contributed by atoms with Gasteiger partial charge < -0.3 is 14.6 Å². The van der Waals surface area contributed by atoms with Crippen molar-refractivity contribution in [2.75, 3.05) is 13.7 Å². The van der Waals surface area contributed by atoms with Crippen LogP contribution in [0.5, 0.6) is 0 Å². The highest BCUT2D eigenvalue weighted by molar-refractivity contribution is 5.18. The third-order valence-corrected chi connectivity index (χ3v) is 2.46. The maximum atomic E-state index is 5.54. The molecule has 1 aromatic rings. The molecule has 1 atom stereocenters. The molecule has 4 heteroatoms. The average molecular weight is 193 g/mol. The summed E-state index contributed by atoms with van der Waals surface area (Å²) in [5.74, 6) is 1.01. The van der Waals surface area contributed by atoms with Gasteiger partial charge in [0.1, 0.15) is 11.8 Å². The molecule has 0 aliphatic carbocycles. The number of aromatic nitrogens is 2. The van der Waals surface area contributed by atoms with Crippen molar-refractivity contribution in [2.24, 2.45) is 7.05 Å². The van der Waals surface area contributed by atoms with Crippen molar-refractivity contribution in [2.45, 2.75) is 12.5 Å². The third kappa shape index (κ3) is 1.53. The van der Waals surface area contributed by atoms with Crippen LogP contribution in [0, 0.1) is 0 Å². The van der Waals surface area contributed by atoms with Crippen LogP contribution in [0.1, 0.15) is 18.2 Å². The highest BCUT2D eigenvalue weighted by Crippen LogP contribution is 2.25. The minimum atomic E-state index is 0.130. The number of nitrogens with zero attached hydrogens (tertiary/aromatic N) is 2. The molecule has 0 radical (unpaired) electrons. The molecule has 0 saturated carbocycles. The predicted molar refractivity (Wildman–Crippen MR) is 53.7 cm³/mol. The van der Waals surface area contributed by atoms with Crippen LogP contribution < -0.4 is 5.32 Å². The first-order chi connectivity index (χ1) is 6.83. The fraction of sp³-hybridized carbons (Fsp3) is 0.500. The van der Waals surface area contributed by atoms with E-state index in [0.29, 0.717) is 0 Å². The normalized spacial score (nSPS) is 17.7. The van der Waals surface area contributed by atoms with E-state index in [9.17, 15) is 0 Å². The molecule has 0 amide bonds. The Labute approximate surface area is 83.6 Å². The van der Waals surface area contributed by atoms with Crippen LogP contribution in [0.15, 0.2) is 24.4 Å². The molecule has 4 nitrogen and oxygen atoms in total. The van der Waals surface area contributed by atoms with E-state index >= 15 is 0 Å². The van der Waals surface area contributed by atoms with Gasteiger partial charge in [-0.2, -0.15) is 0 Å². The molecule has 0 spiro atoms. The number of imidazole rings is 1. The zero-order chi connectivity index (χ0) is 9.97. The molecule has 2 rings (SSSR count). The van der Waals surface area contributed by atoms with Crippen LogP contribution >= 0.6 is 0 Å². The number of likely N-dealkylation sites (N-methyl/N-ethyl adjacent to an activating group) is 1. The average Bonchev–Trinajstić information content (AvgIpc) is 2.80. The van der Waals surface area contributed by atoms with E-state index in [1.54, 1.807) is 6.33 Å². The number of ether oxygens (including phenoxy) is 1. The summed E-state index contributed by atoms with van der Waals surface area (Å²) in [6.07, 6.45) is 6.80. The second-order valence-electron chi connectivity index (χ2n) is 3.39. The number of hydrogen-bond donors (Lipinski definition) is 1. The summed E-state index contributed by atoms with van der Waals surface area (Å²) in [5, 5.41) is 3.23. The third-order valence-electron chi connectivity index (χ3n) is 2.46. The van der Waals surface area contributed by atoms with Crippen molar-refractivity contribution in [3.05, 3.63) is 30.1 Å². The summed E-state index contributed by atoms with van der Waals surface area (Å²) < 4.78 is 7.55. The van der Waals surface area contributed by atoms with Crippen LogP contribution in [-0.4, -0.2) is 23.2 Å². The first kappa shape index (κ1) is 9.27. The van der Waals surface area contributed by atoms with Crippen LogP contribution in [0.25, 0.3) is 0 Å². The summed E-state index contributed by atoms with van der Waals surface area (Å²) in [6, 6.07) is 0.130. The van der Waals surface area contributed by atoms with E-state index in [2.05, 4.69) is 16.4 Å². The van der Waals surface area contributed by atoms with Gasteiger partial charge in [0.2, 0.25) is 0 Å². The lowest BCUT2D eigenvalue weighted by atomic mass is 10.1. The zero-order valence-corrected chi connectivity index (χ0v) is 8.53. The Morgan fingerprint density at radius 1 is 1.64 bits per heavy atom. The maximum absolute atomic E-state index is 5.54. The minimum absolute atomic E-state index is 0.130. The van der Waals surface area contributed by atoms with Crippen LogP contribution in [0.3, 0.4) is 0 Å². The largest absolute Gasteiger partial charge is 0.496 e. The second-order valence-corrected chi connectivity index (χ2v) is 3.39. The molecule has 0 fully saturated rings. The Kier molecular flexibility index (Phi) is 2.54. The maximum Gasteiger partial charge on any atom is 0.115 e. The molecule has 0 saturated heterocycles. The Morgan fingerprint density at radius 2 is 2.50 bits per heavy atom. The lowest BCUT2D eigenvalue weighted by Gasteiger charge is -2.17. The van der Waals surface area contributed by atoms with E-state index < -0.39 is 0 Å². The Bertz CT molecular complexity index is 343. The fourth-order valence-corrected chi connectivity index (χ4v) is 1.72. The topological polar surface area (TPSA) is 39.1 Å². The molecule has 1 aromatic heterocycles. The van der Waals surface area contributed by atoms with E-state index in [1.807, 2.05) is 24.9 Å². The van der Waals surface area contributed by atoms with Gasteiger partial charge in [0, 0.05) is 13.5 Å². The van der Waals surface area contributed by atoms with Gasteiger partial charge in [-0.05, 0) is 13.1 Å². The summed E-state index contributed by atoms with van der Waals surface area (Å²) in [6.45, 7) is 0.797. The molecule has 14 heavy (non-hydrogen) atoms. The molecule has 2 heterocycles. The SMILES string of the molecule is CNC(C1=CCCO1)c1cncn1C. The van der Waals surface area contributed by atoms with Gasteiger partial charge >= 0.3 is 0 Å². The minimum Gasteiger partial charge on any atom is -0.496 e. The number of hydrogen-bond acceptors (Lipinski definition) is 3. The monoisotopic (exact) mass is 193 g/mol. The standard InChI is InChI=1S/C10H15N3O/c1-11-10(9-4-3-5-14-9)8-6-12-7-13(8)2/h4,6-7,10-11H,3,5H2,1-2H3. The van der Waals surface area contributed by atoms with Gasteiger partial charge in [0.15, 0.2) is 0 Å². The second kappa shape index (κ2) is 3.84. The molecule has 0 bridgehead atoms. The fourth-order valence-electron chi connectivity index (χ4n) is 1.72. The Balaban J connectivity index is 2.25. The smallest absolute Gasteiger partial charge is 0.115 e. The summed E-state index contributed by atoms with van der Waals surface area (Å²) in [7, 11) is 3.92. The Hall–Kier alpha value is -1.29. The van der Waals surface area contributed by atoms with E-state index in [4.69, 9.17) is 4.74 Å². The van der Waals surface area contributed by atoms with Gasteiger partial charge in [0.25, 0.3) is 0 Å². The van der Waals surface area contributed by atoms with E-state index in [0.717, 1.165) is 24.5 Å². The summed E-state index contributed by atoms with van der Waals surface area (Å²) in [4.78, 5) is 4.10. The van der Waals surface area contributed by atoms with Crippen molar-refractivity contribution in [1.82, 2.24) is 14.9 Å². The molecule has 76 valence electrons. The molecular weight excluding hydrogens is 178 g/mol. The van der Waals surface area contributed by atoms with Crippen molar-refractivity contribution in [1.29, 1.82) is 0 Å². The van der Waals surface area contributed by atoms with Crippen LogP contribution in [-0.2, 0) is 11.8 Å². The number of nitrogens with one attached hydrogen (secondary N) is 1. The zero-order valence-electron chi connectivity index (χ0n) is 8.53. The van der Waals surface area contributed by atoms with Crippen molar-refractivity contribution < 1.29 is 4.74 Å². The van der Waals surface area contributed by atoms with Gasteiger partial charge in [-0.1, -0.05) is 0 Å². The first-order valence-electron chi connectivity index (χ1n) is 4.79. The molecular formula is C10H15N3O. The van der Waals surface area contributed by atoms with E-state index in [-0.39, 0.29) is 6.04 Å². The van der Waals surface area contributed by atoms with Gasteiger partial charge in [-0.3, -0.25) is 0 Å². The number of rotatable bonds is 3. The molecule has 1 N–H and O–H groups in total. The van der Waals surface area contributed by atoms with Crippen LogP contribution in [0.2, 0.25) is 0 Å². The molecule has 0 aromatic carbocycles. The van der Waals surface area contributed by atoms with Crippen molar-refractivity contribution >= 4 is 0 Å². The summed E-state index contributed by atoms with van der Waals surface area (Å²) >= 11 is 0. The van der Waals surface area contributed by atoms with Gasteiger partial charge in [-0.25, -0.2) is 4.98 Å². The molecule has 1 aliphatic rings. The predicted octanol–water partition coefficient (Wildman–Crippen LogP) is 0.985.